The zero-order valence-corrected chi connectivity index (χ0v) is 7.66. The molecule has 0 aliphatic carbocycles. The summed E-state index contributed by atoms with van der Waals surface area (Å²) in [4.78, 5) is 0. The van der Waals surface area contributed by atoms with Crippen LogP contribution in [0.1, 0.15) is 13.3 Å². The highest BCUT2D eigenvalue weighted by molar-refractivity contribution is 7.86. The van der Waals surface area contributed by atoms with Gasteiger partial charge in [-0.3, -0.25) is 4.55 Å². The van der Waals surface area contributed by atoms with Gasteiger partial charge in [0.1, 0.15) is 5.25 Å². The third-order valence-electron chi connectivity index (χ3n) is 1.33. The van der Waals surface area contributed by atoms with E-state index in [-0.39, 0.29) is 19.2 Å². The van der Waals surface area contributed by atoms with Crippen molar-refractivity contribution in [3.8, 4) is 0 Å². The lowest BCUT2D eigenvalue weighted by Crippen LogP contribution is -2.32. The van der Waals surface area contributed by atoms with Gasteiger partial charge in [0.05, 0.1) is 6.10 Å². The summed E-state index contributed by atoms with van der Waals surface area (Å²) in [6.07, 6.45) is -1.33. The van der Waals surface area contributed by atoms with Gasteiger partial charge in [-0.15, -0.1) is 0 Å². The van der Waals surface area contributed by atoms with Crippen LogP contribution in [0.4, 0.5) is 0 Å². The van der Waals surface area contributed by atoms with Crippen molar-refractivity contribution in [3.63, 3.8) is 0 Å². The molecule has 2 unspecified atom stereocenters. The molecule has 6 N–H and O–H groups in total. The molecule has 0 bridgehead atoms. The highest BCUT2D eigenvalue weighted by Gasteiger charge is 2.26. The van der Waals surface area contributed by atoms with Crippen LogP contribution in [0.25, 0.3) is 0 Å². The van der Waals surface area contributed by atoms with Crippen LogP contribution >= 0.6 is 0 Å². The minimum absolute atomic E-state index is 0. The molecule has 0 saturated heterocycles. The average Bonchev–Trinajstić information content (AvgIpc) is 1.79. The smallest absolute Gasteiger partial charge is 0.270 e. The van der Waals surface area contributed by atoms with Crippen molar-refractivity contribution in [1.82, 2.24) is 6.15 Å². The van der Waals surface area contributed by atoms with Gasteiger partial charge in [0, 0.05) is 6.61 Å². The van der Waals surface area contributed by atoms with Gasteiger partial charge in [0.2, 0.25) is 0 Å². The van der Waals surface area contributed by atoms with Crippen molar-refractivity contribution in [2.24, 2.45) is 0 Å². The molecule has 0 aliphatic rings. The minimum atomic E-state index is -4.24. The molecule has 12 heavy (non-hydrogen) atoms. The fourth-order valence-electron chi connectivity index (χ4n) is 0.766. The zero-order chi connectivity index (χ0) is 9.07. The van der Waals surface area contributed by atoms with Crippen LogP contribution in [0.15, 0.2) is 0 Å². The molecule has 0 fully saturated rings. The van der Waals surface area contributed by atoms with Crippen LogP contribution in [0.5, 0.6) is 0 Å². The fraction of sp³-hybridized carbons (Fsp3) is 1.00. The summed E-state index contributed by atoms with van der Waals surface area (Å²) in [6.45, 7) is 0.865. The molecule has 0 aromatic carbocycles. The maximum Gasteiger partial charge on any atom is 0.270 e. The van der Waals surface area contributed by atoms with Crippen LogP contribution in [0.3, 0.4) is 0 Å². The predicted molar refractivity (Wildman–Crippen MR) is 43.7 cm³/mol. The first-order valence-electron chi connectivity index (χ1n) is 3.14. The zero-order valence-electron chi connectivity index (χ0n) is 6.84. The molecule has 0 saturated carbocycles. The Hall–Kier alpha value is -0.210. The molecule has 0 aromatic heterocycles. The predicted octanol–water partition coefficient (Wildman–Crippen LogP) is -0.832. The quantitative estimate of drug-likeness (QED) is 0.439. The summed E-state index contributed by atoms with van der Waals surface area (Å²) in [5, 5.41) is 15.9. The van der Waals surface area contributed by atoms with E-state index in [1.54, 1.807) is 0 Å². The summed E-state index contributed by atoms with van der Waals surface area (Å²) < 4.78 is 29.4. The van der Waals surface area contributed by atoms with Gasteiger partial charge < -0.3 is 16.4 Å². The molecule has 0 rings (SSSR count). The monoisotopic (exact) mass is 201 g/mol. The Morgan fingerprint density at radius 3 is 1.92 bits per heavy atom. The van der Waals surface area contributed by atoms with Gasteiger partial charge in [0.15, 0.2) is 0 Å². The van der Waals surface area contributed by atoms with Gasteiger partial charge in [0.25, 0.3) is 10.1 Å². The molecule has 2 atom stereocenters. The van der Waals surface area contributed by atoms with E-state index in [1.807, 2.05) is 0 Å². The van der Waals surface area contributed by atoms with Gasteiger partial charge in [-0.2, -0.15) is 8.42 Å². The van der Waals surface area contributed by atoms with Crippen LogP contribution in [-0.2, 0) is 10.1 Å². The van der Waals surface area contributed by atoms with Crippen molar-refractivity contribution in [2.45, 2.75) is 24.7 Å². The van der Waals surface area contributed by atoms with Gasteiger partial charge in [-0.05, 0) is 13.3 Å². The molecular formula is C5H15NO5S. The van der Waals surface area contributed by atoms with Gasteiger partial charge in [-0.1, -0.05) is 0 Å². The molecule has 0 heterocycles. The first-order valence-corrected chi connectivity index (χ1v) is 4.65. The van der Waals surface area contributed by atoms with E-state index in [2.05, 4.69) is 0 Å². The van der Waals surface area contributed by atoms with Crippen LogP contribution < -0.4 is 6.15 Å². The summed E-state index contributed by atoms with van der Waals surface area (Å²) in [7, 11) is -4.24. The van der Waals surface area contributed by atoms with Crippen molar-refractivity contribution >= 4 is 10.1 Å². The Morgan fingerprint density at radius 1 is 1.42 bits per heavy atom. The van der Waals surface area contributed by atoms with Crippen molar-refractivity contribution in [2.75, 3.05) is 6.61 Å². The van der Waals surface area contributed by atoms with E-state index in [9.17, 15) is 8.42 Å². The number of aliphatic hydroxyl groups is 2. The maximum atomic E-state index is 10.4. The molecule has 76 valence electrons. The summed E-state index contributed by atoms with van der Waals surface area (Å²) in [5.74, 6) is 0. The lowest BCUT2D eigenvalue weighted by atomic mass is 10.2. The molecular weight excluding hydrogens is 186 g/mol. The normalized spacial score (nSPS) is 16.3. The second-order valence-electron chi connectivity index (χ2n) is 2.31. The first-order chi connectivity index (χ1) is 4.89. The lowest BCUT2D eigenvalue weighted by Gasteiger charge is -2.14. The van der Waals surface area contributed by atoms with E-state index in [0.29, 0.717) is 0 Å². The fourth-order valence-corrected chi connectivity index (χ4v) is 1.67. The van der Waals surface area contributed by atoms with Gasteiger partial charge >= 0.3 is 0 Å². The van der Waals surface area contributed by atoms with Crippen LogP contribution in [0.2, 0.25) is 0 Å². The Morgan fingerprint density at radius 2 is 1.83 bits per heavy atom. The number of hydrogen-bond acceptors (Lipinski definition) is 5. The summed E-state index contributed by atoms with van der Waals surface area (Å²) in [6, 6.07) is 0. The number of rotatable bonds is 4. The van der Waals surface area contributed by atoms with Crippen LogP contribution in [0, 0.1) is 0 Å². The van der Waals surface area contributed by atoms with Gasteiger partial charge in [-0.25, -0.2) is 0 Å². The first kappa shape index (κ1) is 14.3. The second-order valence-corrected chi connectivity index (χ2v) is 3.94. The minimum Gasteiger partial charge on any atom is -0.396 e. The number of hydrogen-bond donors (Lipinski definition) is 4. The Bertz CT molecular complexity index is 200. The molecule has 0 radical (unpaired) electrons. The van der Waals surface area contributed by atoms with Crippen molar-refractivity contribution in [3.05, 3.63) is 0 Å². The van der Waals surface area contributed by atoms with E-state index in [0.717, 1.165) is 0 Å². The Labute approximate surface area is 71.6 Å². The average molecular weight is 201 g/mol. The standard InChI is InChI=1S/C5H12O5S.H3N/c1-4(7)5(2-3-6)11(8,9)10;/h4-7H,2-3H2,1H3,(H,8,9,10);1H3. The second kappa shape index (κ2) is 5.44. The molecule has 6 nitrogen and oxygen atoms in total. The highest BCUT2D eigenvalue weighted by atomic mass is 32.2. The largest absolute Gasteiger partial charge is 0.396 e. The van der Waals surface area contributed by atoms with E-state index >= 15 is 0 Å². The van der Waals surface area contributed by atoms with E-state index < -0.39 is 21.5 Å². The van der Waals surface area contributed by atoms with Crippen molar-refractivity contribution < 1.29 is 23.2 Å². The number of aliphatic hydroxyl groups excluding tert-OH is 2. The van der Waals surface area contributed by atoms with Crippen molar-refractivity contribution in [1.29, 1.82) is 0 Å². The summed E-state index contributed by atoms with van der Waals surface area (Å²) in [5.41, 5.74) is 0. The summed E-state index contributed by atoms with van der Waals surface area (Å²) >= 11 is 0. The maximum absolute atomic E-state index is 10.4. The highest BCUT2D eigenvalue weighted by Crippen LogP contribution is 2.08. The third kappa shape index (κ3) is 4.62. The molecule has 0 aromatic rings. The molecule has 0 amide bonds. The van der Waals surface area contributed by atoms with E-state index in [4.69, 9.17) is 14.8 Å². The topological polar surface area (TPSA) is 130 Å². The third-order valence-corrected chi connectivity index (χ3v) is 2.73. The Kier molecular flexibility index (Phi) is 6.49. The molecule has 0 aliphatic heterocycles. The molecule has 0 spiro atoms. The van der Waals surface area contributed by atoms with E-state index in [1.165, 1.54) is 6.92 Å². The molecule has 7 heteroatoms. The lowest BCUT2D eigenvalue weighted by molar-refractivity contribution is 0.165. The Balaban J connectivity index is 0. The van der Waals surface area contributed by atoms with Crippen LogP contribution in [-0.4, -0.2) is 41.1 Å². The SMILES string of the molecule is CC(O)C(CCO)S(=O)(=O)O.N.